The zero-order chi connectivity index (χ0) is 21.6. The summed E-state index contributed by atoms with van der Waals surface area (Å²) in [6.45, 7) is 2.01. The highest BCUT2D eigenvalue weighted by Gasteiger charge is 2.12. The van der Waals surface area contributed by atoms with Crippen LogP contribution in [-0.4, -0.2) is 20.9 Å². The van der Waals surface area contributed by atoms with Gasteiger partial charge >= 0.3 is 0 Å². The summed E-state index contributed by atoms with van der Waals surface area (Å²) < 4.78 is 6.00. The summed E-state index contributed by atoms with van der Waals surface area (Å²) in [4.78, 5) is 25.6. The number of hydrogen-bond acceptors (Lipinski definition) is 6. The number of pyridine rings is 1. The van der Waals surface area contributed by atoms with Crippen molar-refractivity contribution in [3.63, 3.8) is 0 Å². The lowest BCUT2D eigenvalue weighted by Crippen LogP contribution is -2.13. The van der Waals surface area contributed by atoms with E-state index < -0.39 is 0 Å². The minimum Gasteiger partial charge on any atom is -0.438 e. The number of carbonyl (C=O) groups is 1. The molecule has 0 aliphatic rings. The molecule has 0 aliphatic heterocycles. The van der Waals surface area contributed by atoms with E-state index in [2.05, 4.69) is 20.3 Å². The number of benzene rings is 2. The first-order chi connectivity index (χ1) is 15.1. The maximum atomic E-state index is 12.4. The summed E-state index contributed by atoms with van der Waals surface area (Å²) >= 11 is 0. The Hall–Kier alpha value is -4.26. The van der Waals surface area contributed by atoms with Crippen LogP contribution in [0.3, 0.4) is 0 Å². The predicted octanol–water partition coefficient (Wildman–Crippen LogP) is 4.73. The third-order valence-corrected chi connectivity index (χ3v) is 4.60. The quantitative estimate of drug-likeness (QED) is 0.445. The highest BCUT2D eigenvalue weighted by Crippen LogP contribution is 2.30. The Morgan fingerprint density at radius 1 is 0.968 bits per heavy atom. The first-order valence-electron chi connectivity index (χ1n) is 9.85. The van der Waals surface area contributed by atoms with E-state index in [0.29, 0.717) is 28.6 Å². The summed E-state index contributed by atoms with van der Waals surface area (Å²) in [6.07, 6.45) is 4.14. The van der Waals surface area contributed by atoms with Gasteiger partial charge < -0.3 is 15.8 Å². The summed E-state index contributed by atoms with van der Waals surface area (Å²) in [6, 6.07) is 19.6. The molecule has 2 heterocycles. The van der Waals surface area contributed by atoms with Crippen LogP contribution in [0.4, 0.5) is 11.4 Å². The van der Waals surface area contributed by atoms with Crippen LogP contribution in [-0.2, 0) is 6.42 Å². The van der Waals surface area contributed by atoms with E-state index in [1.54, 1.807) is 60.9 Å². The van der Waals surface area contributed by atoms with E-state index in [9.17, 15) is 4.79 Å². The van der Waals surface area contributed by atoms with Crippen molar-refractivity contribution in [2.24, 2.45) is 0 Å². The second-order valence-corrected chi connectivity index (χ2v) is 6.74. The minimum atomic E-state index is -0.269. The summed E-state index contributed by atoms with van der Waals surface area (Å²) in [7, 11) is 0. The molecular weight excluding hydrogens is 390 g/mol. The number of carbonyl (C=O) groups excluding carboxylic acids is 1. The lowest BCUT2D eigenvalue weighted by molar-refractivity contribution is 0.102. The average molecular weight is 411 g/mol. The fraction of sp³-hybridized carbons (Fsp3) is 0.0833. The number of nitrogens with two attached hydrogens (primary N) is 1. The molecule has 3 N–H and O–H groups in total. The number of nitrogens with one attached hydrogen (secondary N) is 1. The summed E-state index contributed by atoms with van der Waals surface area (Å²) in [5.41, 5.74) is 8.88. The molecule has 0 fully saturated rings. The molecular formula is C24H21N5O2. The van der Waals surface area contributed by atoms with Crippen LogP contribution in [0.25, 0.3) is 11.3 Å². The van der Waals surface area contributed by atoms with Crippen LogP contribution in [0.15, 0.2) is 79.1 Å². The van der Waals surface area contributed by atoms with Gasteiger partial charge in [-0.1, -0.05) is 19.1 Å². The molecule has 0 saturated heterocycles. The van der Waals surface area contributed by atoms with E-state index in [1.165, 1.54) is 0 Å². The van der Waals surface area contributed by atoms with Gasteiger partial charge in [-0.15, -0.1) is 0 Å². The van der Waals surface area contributed by atoms with Gasteiger partial charge in [0.25, 0.3) is 5.91 Å². The molecule has 0 atom stereocenters. The summed E-state index contributed by atoms with van der Waals surface area (Å²) in [5, 5.41) is 2.83. The second kappa shape index (κ2) is 9.04. The van der Waals surface area contributed by atoms with E-state index in [4.69, 9.17) is 10.5 Å². The van der Waals surface area contributed by atoms with Crippen LogP contribution in [0.1, 0.15) is 23.1 Å². The Bertz CT molecular complexity index is 1210. The summed E-state index contributed by atoms with van der Waals surface area (Å²) in [5.74, 6) is 1.51. The van der Waals surface area contributed by atoms with Crippen molar-refractivity contribution >= 4 is 17.3 Å². The highest BCUT2D eigenvalue weighted by atomic mass is 16.5. The normalized spacial score (nSPS) is 10.5. The van der Waals surface area contributed by atoms with Gasteiger partial charge in [-0.3, -0.25) is 4.79 Å². The number of aromatic nitrogens is 3. The molecule has 1 amide bonds. The molecule has 7 heteroatoms. The van der Waals surface area contributed by atoms with Crippen LogP contribution in [0, 0.1) is 0 Å². The van der Waals surface area contributed by atoms with E-state index in [-0.39, 0.29) is 5.91 Å². The fourth-order valence-corrected chi connectivity index (χ4v) is 3.01. The van der Waals surface area contributed by atoms with Gasteiger partial charge in [0.05, 0.1) is 16.8 Å². The number of aryl methyl sites for hydroxylation is 1. The molecule has 2 aromatic heterocycles. The van der Waals surface area contributed by atoms with Crippen LogP contribution < -0.4 is 15.8 Å². The topological polar surface area (TPSA) is 103 Å². The molecule has 7 nitrogen and oxygen atoms in total. The molecule has 0 radical (unpaired) electrons. The number of anilines is 2. The lowest BCUT2D eigenvalue weighted by atomic mass is 10.1. The van der Waals surface area contributed by atoms with Crippen molar-refractivity contribution in [1.29, 1.82) is 0 Å². The lowest BCUT2D eigenvalue weighted by Gasteiger charge is -2.11. The van der Waals surface area contributed by atoms with Crippen molar-refractivity contribution in [1.82, 2.24) is 15.0 Å². The Kier molecular flexibility index (Phi) is 5.84. The first-order valence-corrected chi connectivity index (χ1v) is 9.85. The van der Waals surface area contributed by atoms with Gasteiger partial charge in [-0.2, -0.15) is 0 Å². The molecule has 154 valence electrons. The second-order valence-electron chi connectivity index (χ2n) is 6.74. The first kappa shape index (κ1) is 20.0. The van der Waals surface area contributed by atoms with E-state index in [1.807, 2.05) is 25.1 Å². The molecule has 2 aromatic carbocycles. The Morgan fingerprint density at radius 2 is 1.77 bits per heavy atom. The number of para-hydroxylation sites is 1. The zero-order valence-electron chi connectivity index (χ0n) is 16.9. The van der Waals surface area contributed by atoms with Gasteiger partial charge in [0.1, 0.15) is 11.6 Å². The fourth-order valence-electron chi connectivity index (χ4n) is 3.01. The Morgan fingerprint density at radius 3 is 2.55 bits per heavy atom. The molecule has 4 rings (SSSR count). The van der Waals surface area contributed by atoms with E-state index in [0.717, 1.165) is 23.5 Å². The third-order valence-electron chi connectivity index (χ3n) is 4.60. The molecule has 0 spiro atoms. The van der Waals surface area contributed by atoms with Crippen LogP contribution >= 0.6 is 0 Å². The number of rotatable bonds is 6. The monoisotopic (exact) mass is 411 g/mol. The van der Waals surface area contributed by atoms with Crippen molar-refractivity contribution in [3.05, 3.63) is 90.5 Å². The molecule has 0 bridgehead atoms. The van der Waals surface area contributed by atoms with Gasteiger partial charge in [0.15, 0.2) is 0 Å². The number of nitrogen functional groups attached to an aromatic ring is 1. The highest BCUT2D eigenvalue weighted by molar-refractivity contribution is 6.07. The van der Waals surface area contributed by atoms with Crippen LogP contribution in [0.2, 0.25) is 0 Å². The van der Waals surface area contributed by atoms with Gasteiger partial charge in [-0.25, -0.2) is 15.0 Å². The van der Waals surface area contributed by atoms with E-state index >= 15 is 0 Å². The SMILES string of the molecule is CCc1nccc(-c2cccnc2Oc2ccc(NC(=O)c3ccccc3N)cc2)n1. The molecule has 4 aromatic rings. The number of hydrogen-bond donors (Lipinski definition) is 2. The number of ether oxygens (including phenoxy) is 1. The average Bonchev–Trinajstić information content (AvgIpc) is 2.81. The number of amides is 1. The zero-order valence-corrected chi connectivity index (χ0v) is 16.9. The molecule has 0 saturated carbocycles. The molecule has 0 aliphatic carbocycles. The van der Waals surface area contributed by atoms with Crippen molar-refractivity contribution < 1.29 is 9.53 Å². The molecule has 31 heavy (non-hydrogen) atoms. The smallest absolute Gasteiger partial charge is 0.257 e. The van der Waals surface area contributed by atoms with Crippen molar-refractivity contribution in [2.75, 3.05) is 11.1 Å². The van der Waals surface area contributed by atoms with Crippen molar-refractivity contribution in [3.8, 4) is 22.9 Å². The number of nitrogens with zero attached hydrogens (tertiary/aromatic N) is 3. The van der Waals surface area contributed by atoms with Gasteiger partial charge in [0.2, 0.25) is 5.88 Å². The third kappa shape index (κ3) is 4.67. The minimum absolute atomic E-state index is 0.269. The van der Waals surface area contributed by atoms with Crippen LogP contribution in [0.5, 0.6) is 11.6 Å². The Labute approximate surface area is 180 Å². The molecule has 0 unspecified atom stereocenters. The van der Waals surface area contributed by atoms with Gasteiger partial charge in [-0.05, 0) is 54.6 Å². The maximum absolute atomic E-state index is 12.4. The van der Waals surface area contributed by atoms with Crippen molar-refractivity contribution in [2.45, 2.75) is 13.3 Å². The maximum Gasteiger partial charge on any atom is 0.257 e. The Balaban J connectivity index is 1.51. The largest absolute Gasteiger partial charge is 0.438 e. The standard InChI is InChI=1S/C24H21N5O2/c1-2-22-26-15-13-21(29-22)19-7-5-14-27-24(19)31-17-11-9-16(10-12-17)28-23(30)18-6-3-4-8-20(18)25/h3-15H,2,25H2,1H3,(H,28,30). The predicted molar refractivity (Wildman–Crippen MR) is 120 cm³/mol. The van der Waals surface area contributed by atoms with Gasteiger partial charge in [0, 0.05) is 30.2 Å².